The average Bonchev–Trinajstić information content (AvgIpc) is 2.30. The van der Waals surface area contributed by atoms with Crippen LogP contribution in [-0.4, -0.2) is 6.29 Å². The molecule has 2 aromatic rings. The summed E-state index contributed by atoms with van der Waals surface area (Å²) in [7, 11) is 0. The predicted octanol–water partition coefficient (Wildman–Crippen LogP) is 4.39. The zero-order valence-corrected chi connectivity index (χ0v) is 12.0. The van der Waals surface area contributed by atoms with E-state index in [0.717, 1.165) is 23.0 Å². The van der Waals surface area contributed by atoms with Gasteiger partial charge in [-0.1, -0.05) is 30.3 Å². The molecule has 86 valence electrons. The van der Waals surface area contributed by atoms with Gasteiger partial charge in [0, 0.05) is 9.13 Å². The Morgan fingerprint density at radius 2 is 1.53 bits per heavy atom. The maximum atomic E-state index is 11.2. The number of hydrogen-bond acceptors (Lipinski definition) is 1. The average molecular weight is 336 g/mol. The second-order valence-corrected chi connectivity index (χ2v) is 5.25. The van der Waals surface area contributed by atoms with Crippen molar-refractivity contribution in [3.63, 3.8) is 0 Å². The van der Waals surface area contributed by atoms with E-state index in [9.17, 15) is 4.79 Å². The van der Waals surface area contributed by atoms with Crippen LogP contribution in [0.3, 0.4) is 0 Å². The van der Waals surface area contributed by atoms with Crippen LogP contribution in [0.2, 0.25) is 0 Å². The van der Waals surface area contributed by atoms with Crippen LogP contribution in [0.5, 0.6) is 0 Å². The first-order valence-corrected chi connectivity index (χ1v) is 6.53. The fourth-order valence-electron chi connectivity index (χ4n) is 2.08. The Bertz CT molecular complexity index is 553. The van der Waals surface area contributed by atoms with E-state index < -0.39 is 0 Å². The molecule has 0 bridgehead atoms. The molecule has 0 aromatic heterocycles. The van der Waals surface area contributed by atoms with Crippen LogP contribution in [0.1, 0.15) is 21.5 Å². The highest BCUT2D eigenvalue weighted by atomic mass is 127. The Balaban J connectivity index is 2.81. The van der Waals surface area contributed by atoms with Crippen molar-refractivity contribution in [2.75, 3.05) is 0 Å². The molecular weight excluding hydrogens is 323 g/mol. The first kappa shape index (κ1) is 12.3. The molecule has 0 aliphatic rings. The molecule has 0 spiro atoms. The molecule has 0 N–H and O–H groups in total. The fourth-order valence-corrected chi connectivity index (χ4v) is 2.98. The van der Waals surface area contributed by atoms with Gasteiger partial charge in [-0.05, 0) is 64.8 Å². The van der Waals surface area contributed by atoms with Crippen LogP contribution >= 0.6 is 22.6 Å². The standard InChI is InChI=1S/C15H13IO/c1-10-5-3-7-12(9-17)14(10)15-11(2)6-4-8-13(15)16/h3-9H,1-2H3. The summed E-state index contributed by atoms with van der Waals surface area (Å²) < 4.78 is 1.18. The van der Waals surface area contributed by atoms with Crippen molar-refractivity contribution in [1.29, 1.82) is 0 Å². The molecule has 0 aliphatic heterocycles. The first-order chi connectivity index (χ1) is 8.15. The second kappa shape index (κ2) is 5.00. The number of aryl methyl sites for hydroxylation is 2. The van der Waals surface area contributed by atoms with Crippen molar-refractivity contribution in [1.82, 2.24) is 0 Å². The Morgan fingerprint density at radius 3 is 2.12 bits per heavy atom. The molecule has 0 unspecified atom stereocenters. The molecule has 2 heteroatoms. The minimum Gasteiger partial charge on any atom is -0.298 e. The highest BCUT2D eigenvalue weighted by molar-refractivity contribution is 14.1. The van der Waals surface area contributed by atoms with Crippen LogP contribution in [0.4, 0.5) is 0 Å². The van der Waals surface area contributed by atoms with E-state index in [1.807, 2.05) is 31.2 Å². The number of rotatable bonds is 2. The quantitative estimate of drug-likeness (QED) is 0.587. The van der Waals surface area contributed by atoms with Crippen LogP contribution in [0.15, 0.2) is 36.4 Å². The molecule has 0 aliphatic carbocycles. The molecule has 0 saturated carbocycles. The number of carbonyl (C=O) groups is 1. The van der Waals surface area contributed by atoms with Crippen molar-refractivity contribution < 1.29 is 4.79 Å². The summed E-state index contributed by atoms with van der Waals surface area (Å²) in [6.45, 7) is 4.13. The lowest BCUT2D eigenvalue weighted by molar-refractivity contribution is 0.112. The molecule has 17 heavy (non-hydrogen) atoms. The van der Waals surface area contributed by atoms with Gasteiger partial charge in [0.25, 0.3) is 0 Å². The van der Waals surface area contributed by atoms with Crippen molar-refractivity contribution >= 4 is 28.9 Å². The molecule has 2 aromatic carbocycles. The Morgan fingerprint density at radius 1 is 0.941 bits per heavy atom. The predicted molar refractivity (Wildman–Crippen MR) is 79.5 cm³/mol. The zero-order chi connectivity index (χ0) is 12.4. The third kappa shape index (κ3) is 2.27. The molecule has 0 amide bonds. The maximum Gasteiger partial charge on any atom is 0.150 e. The summed E-state index contributed by atoms with van der Waals surface area (Å²) >= 11 is 2.32. The lowest BCUT2D eigenvalue weighted by Crippen LogP contribution is -1.95. The van der Waals surface area contributed by atoms with E-state index in [1.54, 1.807) is 0 Å². The highest BCUT2D eigenvalue weighted by Crippen LogP contribution is 2.33. The van der Waals surface area contributed by atoms with Crippen molar-refractivity contribution in [2.45, 2.75) is 13.8 Å². The summed E-state index contributed by atoms with van der Waals surface area (Å²) in [5.41, 5.74) is 5.34. The topological polar surface area (TPSA) is 17.1 Å². The van der Waals surface area contributed by atoms with E-state index in [4.69, 9.17) is 0 Å². The summed E-state index contributed by atoms with van der Waals surface area (Å²) in [4.78, 5) is 11.2. The van der Waals surface area contributed by atoms with Gasteiger partial charge in [-0.15, -0.1) is 0 Å². The Hall–Kier alpha value is -1.16. The largest absolute Gasteiger partial charge is 0.298 e. The van der Waals surface area contributed by atoms with Crippen LogP contribution in [0, 0.1) is 17.4 Å². The van der Waals surface area contributed by atoms with Gasteiger partial charge in [-0.3, -0.25) is 4.79 Å². The minimum absolute atomic E-state index is 0.761. The molecule has 2 rings (SSSR count). The molecule has 0 fully saturated rings. The third-order valence-corrected chi connectivity index (χ3v) is 3.80. The number of hydrogen-bond donors (Lipinski definition) is 0. The number of benzene rings is 2. The second-order valence-electron chi connectivity index (χ2n) is 4.09. The van der Waals surface area contributed by atoms with Gasteiger partial charge in [0.1, 0.15) is 0 Å². The smallest absolute Gasteiger partial charge is 0.150 e. The van der Waals surface area contributed by atoms with E-state index in [1.165, 1.54) is 14.7 Å². The van der Waals surface area contributed by atoms with E-state index >= 15 is 0 Å². The molecule has 0 saturated heterocycles. The SMILES string of the molecule is Cc1cccc(I)c1-c1c(C)cccc1C=O. The Labute approximate surface area is 115 Å². The number of halogens is 1. The van der Waals surface area contributed by atoms with Crippen LogP contribution in [-0.2, 0) is 0 Å². The number of carbonyl (C=O) groups excluding carboxylic acids is 1. The van der Waals surface area contributed by atoms with Gasteiger partial charge in [-0.2, -0.15) is 0 Å². The van der Waals surface area contributed by atoms with Gasteiger partial charge < -0.3 is 0 Å². The highest BCUT2D eigenvalue weighted by Gasteiger charge is 2.12. The first-order valence-electron chi connectivity index (χ1n) is 5.45. The van der Waals surface area contributed by atoms with Gasteiger partial charge in [0.15, 0.2) is 6.29 Å². The van der Waals surface area contributed by atoms with Crippen molar-refractivity contribution in [2.24, 2.45) is 0 Å². The maximum absolute atomic E-state index is 11.2. The molecule has 0 radical (unpaired) electrons. The fraction of sp³-hybridized carbons (Fsp3) is 0.133. The summed E-state index contributed by atoms with van der Waals surface area (Å²) in [6, 6.07) is 12.0. The van der Waals surface area contributed by atoms with Gasteiger partial charge >= 0.3 is 0 Å². The summed E-state index contributed by atoms with van der Waals surface area (Å²) in [6.07, 6.45) is 0.935. The minimum atomic E-state index is 0.761. The van der Waals surface area contributed by atoms with Crippen molar-refractivity contribution in [3.05, 3.63) is 56.7 Å². The van der Waals surface area contributed by atoms with Gasteiger partial charge in [-0.25, -0.2) is 0 Å². The Kier molecular flexibility index (Phi) is 3.62. The van der Waals surface area contributed by atoms with E-state index in [0.29, 0.717) is 0 Å². The van der Waals surface area contributed by atoms with E-state index in [-0.39, 0.29) is 0 Å². The molecule has 0 heterocycles. The lowest BCUT2D eigenvalue weighted by Gasteiger charge is -2.13. The molecule has 0 atom stereocenters. The monoisotopic (exact) mass is 336 g/mol. The van der Waals surface area contributed by atoms with Crippen molar-refractivity contribution in [3.8, 4) is 11.1 Å². The van der Waals surface area contributed by atoms with Crippen LogP contribution in [0.25, 0.3) is 11.1 Å². The van der Waals surface area contributed by atoms with Crippen LogP contribution < -0.4 is 0 Å². The lowest BCUT2D eigenvalue weighted by atomic mass is 9.93. The normalized spacial score (nSPS) is 10.3. The third-order valence-electron chi connectivity index (χ3n) is 2.90. The number of aldehydes is 1. The molecular formula is C15H13IO. The summed E-state index contributed by atoms with van der Waals surface area (Å²) in [5.74, 6) is 0. The van der Waals surface area contributed by atoms with Gasteiger partial charge in [0.2, 0.25) is 0 Å². The zero-order valence-electron chi connectivity index (χ0n) is 9.83. The summed E-state index contributed by atoms with van der Waals surface area (Å²) in [5, 5.41) is 0. The van der Waals surface area contributed by atoms with E-state index in [2.05, 4.69) is 41.6 Å². The molecule has 1 nitrogen and oxygen atoms in total. The van der Waals surface area contributed by atoms with Gasteiger partial charge in [0.05, 0.1) is 0 Å².